The minimum atomic E-state index is -0.224. The molecule has 4 heteroatoms. The van der Waals surface area contributed by atoms with Gasteiger partial charge in [0.15, 0.2) is 0 Å². The van der Waals surface area contributed by atoms with E-state index in [2.05, 4.69) is 24.0 Å². The number of rotatable bonds is 21. The zero-order valence-corrected chi connectivity index (χ0v) is 20.6. The van der Waals surface area contributed by atoms with Crippen molar-refractivity contribution in [1.29, 1.82) is 0 Å². The Morgan fingerprint density at radius 2 is 1.35 bits per heavy atom. The summed E-state index contributed by atoms with van der Waals surface area (Å²) in [5.74, 6) is -0.163. The molecular weight excluding hydrogens is 388 g/mol. The van der Waals surface area contributed by atoms with Crippen LogP contribution in [0.15, 0.2) is 18.4 Å². The van der Waals surface area contributed by atoms with Gasteiger partial charge in [0.05, 0.1) is 19.6 Å². The van der Waals surface area contributed by atoms with E-state index < -0.39 is 0 Å². The number of hydrogen-bond donors (Lipinski definition) is 0. The summed E-state index contributed by atoms with van der Waals surface area (Å²) >= 11 is 0. The molecule has 4 nitrogen and oxygen atoms in total. The van der Waals surface area contributed by atoms with Crippen molar-refractivity contribution in [3.8, 4) is 0 Å². The first-order valence-electron chi connectivity index (χ1n) is 12.7. The smallest absolute Gasteiger partial charge is 0.313 e. The second-order valence-electron chi connectivity index (χ2n) is 8.55. The summed E-state index contributed by atoms with van der Waals surface area (Å²) in [5, 5.41) is 0. The van der Waals surface area contributed by atoms with Crippen LogP contribution in [-0.2, 0) is 19.1 Å². The molecular formula is C27H48O4. The fraction of sp³-hybridized carbons (Fsp3) is 0.815. The van der Waals surface area contributed by atoms with Crippen LogP contribution in [0.25, 0.3) is 0 Å². The van der Waals surface area contributed by atoms with E-state index in [0.717, 1.165) is 38.5 Å². The summed E-state index contributed by atoms with van der Waals surface area (Å²) in [5.41, 5.74) is 2.84. The molecule has 0 aliphatic heterocycles. The average Bonchev–Trinajstić information content (AvgIpc) is 2.77. The molecule has 0 heterocycles. The van der Waals surface area contributed by atoms with Crippen LogP contribution in [-0.4, -0.2) is 25.7 Å². The Bertz CT molecular complexity index is 493. The van der Waals surface area contributed by atoms with Gasteiger partial charge in [-0.2, -0.15) is 0 Å². The highest BCUT2D eigenvalue weighted by Crippen LogP contribution is 2.28. The van der Waals surface area contributed by atoms with Crippen molar-refractivity contribution in [2.24, 2.45) is 11.8 Å². The van der Waals surface area contributed by atoms with Gasteiger partial charge >= 0.3 is 11.9 Å². The first-order chi connectivity index (χ1) is 15.1. The molecule has 2 unspecified atom stereocenters. The number of hydrogen-bond acceptors (Lipinski definition) is 4. The first-order valence-corrected chi connectivity index (χ1v) is 12.7. The lowest BCUT2D eigenvalue weighted by Crippen LogP contribution is -2.24. The molecule has 31 heavy (non-hydrogen) atoms. The maximum atomic E-state index is 12.5. The monoisotopic (exact) mass is 436 g/mol. The minimum absolute atomic E-state index is 0.117. The van der Waals surface area contributed by atoms with Gasteiger partial charge in [0.2, 0.25) is 0 Å². The molecule has 0 radical (unpaired) electrons. The molecule has 0 bridgehead atoms. The van der Waals surface area contributed by atoms with Crippen LogP contribution in [0.1, 0.15) is 117 Å². The Balaban J connectivity index is 4.40. The second-order valence-corrected chi connectivity index (χ2v) is 8.55. The second kappa shape index (κ2) is 21.7. The van der Waals surface area contributed by atoms with E-state index in [1.165, 1.54) is 64.9 Å². The van der Waals surface area contributed by atoms with Crippen LogP contribution < -0.4 is 0 Å². The summed E-state index contributed by atoms with van der Waals surface area (Å²) in [4.78, 5) is 23.7. The van der Waals surface area contributed by atoms with Crippen molar-refractivity contribution < 1.29 is 19.1 Å². The lowest BCUT2D eigenvalue weighted by atomic mass is 9.83. The lowest BCUT2D eigenvalue weighted by Gasteiger charge is -2.23. The maximum Gasteiger partial charge on any atom is 0.313 e. The third kappa shape index (κ3) is 16.8. The molecule has 2 atom stereocenters. The highest BCUT2D eigenvalue weighted by atomic mass is 16.5. The number of methoxy groups -OCH3 is 1. The summed E-state index contributed by atoms with van der Waals surface area (Å²) in [6.07, 6.45) is 20.0. The fourth-order valence-corrected chi connectivity index (χ4v) is 4.11. The fourth-order valence-electron chi connectivity index (χ4n) is 4.11. The third-order valence-corrected chi connectivity index (χ3v) is 5.98. The van der Waals surface area contributed by atoms with Gasteiger partial charge in [0.25, 0.3) is 0 Å². The molecule has 180 valence electrons. The van der Waals surface area contributed by atoms with Crippen LogP contribution in [0.5, 0.6) is 0 Å². The molecule has 0 rings (SSSR count). The number of carbonyl (C=O) groups is 2. The van der Waals surface area contributed by atoms with Gasteiger partial charge in [-0.3, -0.25) is 9.59 Å². The van der Waals surface area contributed by atoms with E-state index in [4.69, 9.17) is 4.74 Å². The minimum Gasteiger partial charge on any atom is -0.469 e. The molecule has 0 N–H and O–H groups in total. The van der Waals surface area contributed by atoms with Gasteiger partial charge < -0.3 is 9.47 Å². The van der Waals surface area contributed by atoms with Crippen LogP contribution in [0.3, 0.4) is 0 Å². The normalized spacial score (nSPS) is 12.6. The molecule has 0 fully saturated rings. The molecule has 0 amide bonds. The molecule has 0 saturated carbocycles. The van der Waals surface area contributed by atoms with Crippen molar-refractivity contribution in [3.63, 3.8) is 0 Å². The predicted octanol–water partition coefficient (Wildman–Crippen LogP) is 7.56. The molecule has 0 saturated heterocycles. The zero-order chi connectivity index (χ0) is 23.2. The number of ether oxygens (including phenoxy) is 2. The van der Waals surface area contributed by atoms with Gasteiger partial charge in [-0.05, 0) is 38.2 Å². The molecule has 0 aromatic carbocycles. The van der Waals surface area contributed by atoms with Gasteiger partial charge in [0.1, 0.15) is 0 Å². The quantitative estimate of drug-likeness (QED) is 0.106. The summed E-state index contributed by atoms with van der Waals surface area (Å²) in [6.45, 7) is 8.22. The average molecular weight is 437 g/mol. The molecule has 0 spiro atoms. The van der Waals surface area contributed by atoms with E-state index >= 15 is 0 Å². The van der Waals surface area contributed by atoms with Crippen molar-refractivity contribution in [1.82, 2.24) is 0 Å². The summed E-state index contributed by atoms with van der Waals surface area (Å²) < 4.78 is 10.0. The molecule has 0 aromatic rings. The SMILES string of the molecule is C=C=CC(C(=O)OCC)C(CCCCCCCCC)CCCCCCCCC(=O)OC. The maximum absolute atomic E-state index is 12.5. The third-order valence-electron chi connectivity index (χ3n) is 5.98. The largest absolute Gasteiger partial charge is 0.469 e. The Morgan fingerprint density at radius 1 is 0.839 bits per heavy atom. The first kappa shape index (κ1) is 29.5. The zero-order valence-electron chi connectivity index (χ0n) is 20.6. The number of unbranched alkanes of at least 4 members (excludes halogenated alkanes) is 11. The predicted molar refractivity (Wildman–Crippen MR) is 129 cm³/mol. The van der Waals surface area contributed by atoms with Gasteiger partial charge in [-0.25, -0.2) is 0 Å². The summed E-state index contributed by atoms with van der Waals surface area (Å²) in [7, 11) is 1.44. The van der Waals surface area contributed by atoms with Crippen LogP contribution in [0, 0.1) is 11.8 Å². The van der Waals surface area contributed by atoms with Crippen LogP contribution in [0.4, 0.5) is 0 Å². The topological polar surface area (TPSA) is 52.6 Å². The number of esters is 2. The standard InChI is InChI=1S/C27H48O4/c1-5-8-9-10-11-14-17-21-24(25(20-6-2)27(29)31-7-3)22-18-15-12-13-16-19-23-26(28)30-4/h20,24-25H,2,5,7-19,21-23H2,1,3-4H3. The Morgan fingerprint density at radius 3 is 1.84 bits per heavy atom. The van der Waals surface area contributed by atoms with E-state index in [0.29, 0.717) is 18.9 Å². The van der Waals surface area contributed by atoms with Gasteiger partial charge in [-0.1, -0.05) is 90.6 Å². The van der Waals surface area contributed by atoms with Crippen molar-refractivity contribution in [2.45, 2.75) is 117 Å². The lowest BCUT2D eigenvalue weighted by molar-refractivity contribution is -0.148. The Kier molecular flexibility index (Phi) is 20.6. The van der Waals surface area contributed by atoms with E-state index in [-0.39, 0.29) is 17.9 Å². The van der Waals surface area contributed by atoms with Crippen LogP contribution in [0.2, 0.25) is 0 Å². The van der Waals surface area contributed by atoms with Crippen LogP contribution >= 0.6 is 0 Å². The molecule has 0 aliphatic rings. The van der Waals surface area contributed by atoms with Crippen molar-refractivity contribution in [2.75, 3.05) is 13.7 Å². The van der Waals surface area contributed by atoms with Crippen molar-refractivity contribution in [3.05, 3.63) is 18.4 Å². The van der Waals surface area contributed by atoms with E-state index in [1.54, 1.807) is 0 Å². The van der Waals surface area contributed by atoms with Crippen molar-refractivity contribution >= 4 is 11.9 Å². The van der Waals surface area contributed by atoms with E-state index in [1.807, 2.05) is 13.0 Å². The summed E-state index contributed by atoms with van der Waals surface area (Å²) in [6, 6.07) is 0. The number of carbonyl (C=O) groups excluding carboxylic acids is 2. The van der Waals surface area contributed by atoms with Gasteiger partial charge in [0, 0.05) is 6.42 Å². The highest BCUT2D eigenvalue weighted by Gasteiger charge is 2.26. The van der Waals surface area contributed by atoms with E-state index in [9.17, 15) is 9.59 Å². The Hall–Kier alpha value is -1.54. The Labute approximate surface area is 191 Å². The molecule has 0 aromatic heterocycles. The highest BCUT2D eigenvalue weighted by molar-refractivity contribution is 5.74. The molecule has 0 aliphatic carbocycles. The van der Waals surface area contributed by atoms with Gasteiger partial charge in [-0.15, -0.1) is 5.73 Å².